The molecule has 0 saturated carbocycles. The van der Waals surface area contributed by atoms with Gasteiger partial charge in [0.1, 0.15) is 11.6 Å². The lowest BCUT2D eigenvalue weighted by Crippen LogP contribution is -2.04. The third kappa shape index (κ3) is 4.01. The van der Waals surface area contributed by atoms with Gasteiger partial charge in [0.25, 0.3) is 0 Å². The van der Waals surface area contributed by atoms with Gasteiger partial charge < -0.3 is 19.4 Å². The van der Waals surface area contributed by atoms with Crippen molar-refractivity contribution in [2.24, 2.45) is 0 Å². The molecule has 3 aromatic carbocycles. The average molecular weight is 453 g/mol. The number of nitrogens with zero attached hydrogens (tertiary/aromatic N) is 2. The zero-order chi connectivity index (χ0) is 23.7. The van der Waals surface area contributed by atoms with Crippen molar-refractivity contribution in [1.82, 2.24) is 19.9 Å². The molecular weight excluding hydrogens is 428 g/mol. The zero-order valence-electron chi connectivity index (χ0n) is 18.9. The van der Waals surface area contributed by atoms with Crippen LogP contribution in [-0.4, -0.2) is 44.9 Å². The highest BCUT2D eigenvalue weighted by Gasteiger charge is 2.12. The minimum absolute atomic E-state index is 0.148. The first-order valence-electron chi connectivity index (χ1n) is 11.1. The number of ether oxygens (including phenoxy) is 2. The average Bonchev–Trinajstić information content (AvgIpc) is 3.47. The third-order valence-corrected chi connectivity index (χ3v) is 5.50. The Labute approximate surface area is 196 Å². The van der Waals surface area contributed by atoms with Crippen molar-refractivity contribution in [3.63, 3.8) is 0 Å². The Morgan fingerprint density at radius 2 is 1.18 bits per heavy atom. The molecule has 8 nitrogen and oxygen atoms in total. The summed E-state index contributed by atoms with van der Waals surface area (Å²) in [5, 5.41) is 15.9. The second kappa shape index (κ2) is 8.82. The second-order valence-electron chi connectivity index (χ2n) is 7.74. The van der Waals surface area contributed by atoms with Crippen LogP contribution in [0.15, 0.2) is 60.7 Å². The Morgan fingerprint density at radius 1 is 0.676 bits per heavy atom. The van der Waals surface area contributed by atoms with E-state index in [0.717, 1.165) is 50.4 Å². The summed E-state index contributed by atoms with van der Waals surface area (Å²) in [6.07, 6.45) is 0. The molecule has 0 unspecified atom stereocenters. The molecule has 5 aromatic rings. The highest BCUT2D eigenvalue weighted by Crippen LogP contribution is 2.27. The number of hydrogen-bond donors (Lipinski definition) is 4. The molecule has 8 heteroatoms. The second-order valence-corrected chi connectivity index (χ2v) is 7.74. The summed E-state index contributed by atoms with van der Waals surface area (Å²) in [4.78, 5) is 16.2. The van der Waals surface area contributed by atoms with Gasteiger partial charge in [-0.1, -0.05) is 12.1 Å². The van der Waals surface area contributed by atoms with Crippen molar-refractivity contribution in [3.8, 4) is 22.8 Å². The number of rotatable bonds is 6. The van der Waals surface area contributed by atoms with E-state index in [0.29, 0.717) is 18.8 Å². The number of nitrogens with one attached hydrogen (secondary N) is 4. The predicted octanol–water partition coefficient (Wildman–Crippen LogP) is 5.50. The first kappa shape index (κ1) is 21.4. The molecule has 0 aliphatic heterocycles. The van der Waals surface area contributed by atoms with Crippen LogP contribution in [0.5, 0.6) is 0 Å². The molecule has 0 radical (unpaired) electrons. The van der Waals surface area contributed by atoms with Crippen molar-refractivity contribution in [2.75, 3.05) is 13.2 Å². The molecule has 4 N–H and O–H groups in total. The summed E-state index contributed by atoms with van der Waals surface area (Å²) in [7, 11) is 0. The molecule has 2 heterocycles. The van der Waals surface area contributed by atoms with Gasteiger partial charge in [-0.25, -0.2) is 9.97 Å². The van der Waals surface area contributed by atoms with E-state index in [9.17, 15) is 0 Å². The molecule has 2 aromatic heterocycles. The standard InChI is InChI=1S/C26H24N6O2/c1-3-33-23(27)15-5-7-16(8-6-15)25-29-20-12-10-18(14-22(20)31-25)26-30-19-11-9-17(13-21(19)32-26)24(28)34-4-2/h5-14,27-28H,3-4H2,1-2H3,(H,29,31)(H,30,32). The fraction of sp³-hybridized carbons (Fsp3) is 0.154. The molecule has 0 aliphatic rings. The molecule has 0 saturated heterocycles. The quantitative estimate of drug-likeness (QED) is 0.201. The highest BCUT2D eigenvalue weighted by atomic mass is 16.5. The summed E-state index contributed by atoms with van der Waals surface area (Å²) in [5.41, 5.74) is 6.73. The van der Waals surface area contributed by atoms with Crippen molar-refractivity contribution >= 4 is 33.9 Å². The predicted molar refractivity (Wildman–Crippen MR) is 134 cm³/mol. The normalized spacial score (nSPS) is 11.1. The smallest absolute Gasteiger partial charge is 0.213 e. The largest absolute Gasteiger partial charge is 0.478 e. The monoisotopic (exact) mass is 452 g/mol. The van der Waals surface area contributed by atoms with Crippen LogP contribution in [0.1, 0.15) is 25.0 Å². The van der Waals surface area contributed by atoms with Gasteiger partial charge in [-0.15, -0.1) is 0 Å². The van der Waals surface area contributed by atoms with E-state index in [1.807, 2.05) is 74.5 Å². The fourth-order valence-electron chi connectivity index (χ4n) is 3.82. The fourth-order valence-corrected chi connectivity index (χ4v) is 3.82. The third-order valence-electron chi connectivity index (χ3n) is 5.50. The Morgan fingerprint density at radius 3 is 1.82 bits per heavy atom. The van der Waals surface area contributed by atoms with Crippen LogP contribution >= 0.6 is 0 Å². The van der Waals surface area contributed by atoms with Crippen LogP contribution in [0.3, 0.4) is 0 Å². The number of imidazole rings is 2. The van der Waals surface area contributed by atoms with Gasteiger partial charge in [0, 0.05) is 22.3 Å². The van der Waals surface area contributed by atoms with Gasteiger partial charge in [-0.3, -0.25) is 10.8 Å². The van der Waals surface area contributed by atoms with Crippen molar-refractivity contribution in [3.05, 3.63) is 71.8 Å². The Hall–Kier alpha value is -4.46. The number of H-pyrrole nitrogens is 2. The number of aromatic amines is 2. The van der Waals surface area contributed by atoms with Crippen LogP contribution in [0.4, 0.5) is 0 Å². The molecule has 34 heavy (non-hydrogen) atoms. The van der Waals surface area contributed by atoms with Gasteiger partial charge in [0.2, 0.25) is 11.8 Å². The van der Waals surface area contributed by atoms with Gasteiger partial charge in [-0.2, -0.15) is 0 Å². The Balaban J connectivity index is 1.44. The van der Waals surface area contributed by atoms with Crippen molar-refractivity contribution in [1.29, 1.82) is 10.8 Å². The zero-order valence-corrected chi connectivity index (χ0v) is 18.9. The summed E-state index contributed by atoms with van der Waals surface area (Å²) < 4.78 is 10.6. The molecule has 170 valence electrons. The first-order chi connectivity index (χ1) is 16.6. The lowest BCUT2D eigenvalue weighted by molar-refractivity contribution is 0.325. The minimum atomic E-state index is 0.148. The summed E-state index contributed by atoms with van der Waals surface area (Å²) in [5.74, 6) is 1.81. The first-order valence-corrected chi connectivity index (χ1v) is 11.1. The molecule has 0 spiro atoms. The van der Waals surface area contributed by atoms with Gasteiger partial charge in [0.05, 0.1) is 35.3 Å². The Bertz CT molecular complexity index is 1510. The molecule has 0 aliphatic carbocycles. The van der Waals surface area contributed by atoms with Crippen LogP contribution in [0, 0.1) is 10.8 Å². The molecule has 5 rings (SSSR count). The van der Waals surface area contributed by atoms with E-state index in [1.54, 1.807) is 0 Å². The molecule has 0 atom stereocenters. The van der Waals surface area contributed by atoms with Crippen LogP contribution < -0.4 is 0 Å². The van der Waals surface area contributed by atoms with Crippen LogP contribution in [0.25, 0.3) is 44.8 Å². The molecule has 0 bridgehead atoms. The number of benzene rings is 3. The van der Waals surface area contributed by atoms with E-state index in [-0.39, 0.29) is 11.8 Å². The lowest BCUT2D eigenvalue weighted by atomic mass is 10.1. The van der Waals surface area contributed by atoms with Gasteiger partial charge >= 0.3 is 0 Å². The Kier molecular flexibility index (Phi) is 5.55. The maximum atomic E-state index is 8.01. The van der Waals surface area contributed by atoms with E-state index in [1.165, 1.54) is 0 Å². The number of hydrogen-bond acceptors (Lipinski definition) is 6. The lowest BCUT2D eigenvalue weighted by Gasteiger charge is -2.05. The van der Waals surface area contributed by atoms with Crippen LogP contribution in [-0.2, 0) is 9.47 Å². The molecular formula is C26H24N6O2. The van der Waals surface area contributed by atoms with Gasteiger partial charge in [-0.05, 0) is 62.4 Å². The van der Waals surface area contributed by atoms with E-state index in [4.69, 9.17) is 30.3 Å². The maximum Gasteiger partial charge on any atom is 0.213 e. The number of aromatic nitrogens is 4. The molecule has 0 amide bonds. The van der Waals surface area contributed by atoms with Crippen LogP contribution in [0.2, 0.25) is 0 Å². The van der Waals surface area contributed by atoms with E-state index in [2.05, 4.69) is 9.97 Å². The minimum Gasteiger partial charge on any atom is -0.478 e. The SMILES string of the molecule is CCOC(=N)c1ccc(-c2nc3ccc(-c4nc5ccc(C(=N)OCC)cc5[nH]4)cc3[nH]2)cc1. The molecule has 0 fully saturated rings. The van der Waals surface area contributed by atoms with Crippen molar-refractivity contribution in [2.45, 2.75) is 13.8 Å². The topological polar surface area (TPSA) is 124 Å². The van der Waals surface area contributed by atoms with Crippen molar-refractivity contribution < 1.29 is 9.47 Å². The van der Waals surface area contributed by atoms with Gasteiger partial charge in [0.15, 0.2) is 0 Å². The maximum absolute atomic E-state index is 8.01. The van der Waals surface area contributed by atoms with E-state index < -0.39 is 0 Å². The van der Waals surface area contributed by atoms with E-state index >= 15 is 0 Å². The number of fused-ring (bicyclic) bond motifs is 2. The highest BCUT2D eigenvalue weighted by molar-refractivity contribution is 5.96. The summed E-state index contributed by atoms with van der Waals surface area (Å²) >= 11 is 0. The summed E-state index contributed by atoms with van der Waals surface area (Å²) in [6, 6.07) is 19.2. The summed E-state index contributed by atoms with van der Waals surface area (Å²) in [6.45, 7) is 4.65.